The Morgan fingerprint density at radius 1 is 1.42 bits per heavy atom. The molecule has 0 fully saturated rings. The topological polar surface area (TPSA) is 64.1 Å². The number of hydrogen-bond donors (Lipinski definition) is 1. The molecular formula is C14H13N3O2. The maximum Gasteiger partial charge on any atom is 0.361 e. The molecule has 0 bridgehead atoms. The fourth-order valence-corrected chi connectivity index (χ4v) is 1.71. The maximum atomic E-state index is 11.9. The maximum absolute atomic E-state index is 11.9. The number of carbonyl (C=O) groups excluding carboxylic acids is 1. The summed E-state index contributed by atoms with van der Waals surface area (Å²) in [6, 6.07) is 7.38. The molecule has 96 valence electrons. The fraction of sp³-hybridized carbons (Fsp3) is 0.214. The van der Waals surface area contributed by atoms with Gasteiger partial charge in [0.2, 0.25) is 0 Å². The highest BCUT2D eigenvalue weighted by Crippen LogP contribution is 2.24. The summed E-state index contributed by atoms with van der Waals surface area (Å²) >= 11 is 0. The van der Waals surface area contributed by atoms with Crippen molar-refractivity contribution in [1.82, 2.24) is 10.2 Å². The summed E-state index contributed by atoms with van der Waals surface area (Å²) < 4.78 is 4.96. The number of hydrogen-bond acceptors (Lipinski definition) is 5. The summed E-state index contributed by atoms with van der Waals surface area (Å²) in [4.78, 5) is 11.9. The highest BCUT2D eigenvalue weighted by molar-refractivity contribution is 6.03. The molecule has 5 nitrogen and oxygen atoms in total. The van der Waals surface area contributed by atoms with Gasteiger partial charge in [-0.3, -0.25) is 0 Å². The number of aromatic nitrogens is 2. The van der Waals surface area contributed by atoms with Crippen LogP contribution in [0.5, 0.6) is 0 Å². The zero-order chi connectivity index (χ0) is 13.7. The monoisotopic (exact) mass is 255 g/mol. The van der Waals surface area contributed by atoms with Crippen molar-refractivity contribution in [2.75, 3.05) is 18.5 Å². The van der Waals surface area contributed by atoms with E-state index in [2.05, 4.69) is 21.4 Å². The summed E-state index contributed by atoms with van der Waals surface area (Å²) in [5.74, 6) is 1.95. The molecule has 1 N–H and O–H groups in total. The number of esters is 1. The largest absolute Gasteiger partial charge is 0.461 e. The van der Waals surface area contributed by atoms with Gasteiger partial charge in [0.1, 0.15) is 0 Å². The predicted molar refractivity (Wildman–Crippen MR) is 72.8 cm³/mol. The van der Waals surface area contributed by atoms with E-state index in [9.17, 15) is 4.79 Å². The Bertz CT molecular complexity index is 647. The van der Waals surface area contributed by atoms with Crippen molar-refractivity contribution in [3.05, 3.63) is 30.0 Å². The average molecular weight is 255 g/mol. The first-order chi connectivity index (χ1) is 9.27. The number of nitrogens with one attached hydrogen (secondary N) is 1. The van der Waals surface area contributed by atoms with E-state index < -0.39 is 5.97 Å². The van der Waals surface area contributed by atoms with E-state index in [1.54, 1.807) is 6.92 Å². The van der Waals surface area contributed by atoms with Crippen molar-refractivity contribution in [1.29, 1.82) is 0 Å². The van der Waals surface area contributed by atoms with Crippen LogP contribution >= 0.6 is 0 Å². The zero-order valence-electron chi connectivity index (χ0n) is 10.5. The number of rotatable bonds is 4. The van der Waals surface area contributed by atoms with Crippen LogP contribution in [0.4, 0.5) is 5.69 Å². The first-order valence-corrected chi connectivity index (χ1v) is 5.87. The van der Waals surface area contributed by atoms with E-state index >= 15 is 0 Å². The predicted octanol–water partition coefficient (Wildman–Crippen LogP) is 1.85. The standard InChI is InChI=1S/C14H13N3O2/c1-3-9-15-12-10-7-5-6-8-11(10)16-17-13(12)14(18)19-4-2/h1,5-8H,4,9H2,2H3,(H,15,16). The third kappa shape index (κ3) is 2.63. The number of terminal acetylenes is 1. The van der Waals surface area contributed by atoms with Gasteiger partial charge in [0.15, 0.2) is 5.69 Å². The van der Waals surface area contributed by atoms with E-state index in [1.807, 2.05) is 24.3 Å². The molecule has 2 aromatic rings. The van der Waals surface area contributed by atoms with E-state index in [0.29, 0.717) is 17.7 Å². The summed E-state index contributed by atoms with van der Waals surface area (Å²) in [6.45, 7) is 2.31. The van der Waals surface area contributed by atoms with Gasteiger partial charge in [0, 0.05) is 5.39 Å². The quantitative estimate of drug-likeness (QED) is 0.667. The van der Waals surface area contributed by atoms with Gasteiger partial charge in [0.25, 0.3) is 0 Å². The third-order valence-corrected chi connectivity index (χ3v) is 2.50. The third-order valence-electron chi connectivity index (χ3n) is 2.50. The lowest BCUT2D eigenvalue weighted by Crippen LogP contribution is -2.13. The van der Waals surface area contributed by atoms with Gasteiger partial charge in [-0.2, -0.15) is 0 Å². The molecular weight excluding hydrogens is 242 g/mol. The SMILES string of the molecule is C#CCNc1c(C(=O)OCC)nnc2ccccc12. The zero-order valence-corrected chi connectivity index (χ0v) is 10.5. The van der Waals surface area contributed by atoms with Crippen molar-refractivity contribution in [2.24, 2.45) is 0 Å². The molecule has 0 saturated heterocycles. The van der Waals surface area contributed by atoms with Crippen LogP contribution in [0.1, 0.15) is 17.4 Å². The van der Waals surface area contributed by atoms with Crippen LogP contribution in [0, 0.1) is 12.3 Å². The van der Waals surface area contributed by atoms with Crippen molar-refractivity contribution in [3.8, 4) is 12.3 Å². The minimum absolute atomic E-state index is 0.149. The van der Waals surface area contributed by atoms with Crippen LogP contribution in [0.3, 0.4) is 0 Å². The smallest absolute Gasteiger partial charge is 0.361 e. The van der Waals surface area contributed by atoms with Crippen LogP contribution in [0.2, 0.25) is 0 Å². The molecule has 0 radical (unpaired) electrons. The second-order valence-corrected chi connectivity index (χ2v) is 3.72. The van der Waals surface area contributed by atoms with Gasteiger partial charge < -0.3 is 10.1 Å². The van der Waals surface area contributed by atoms with Gasteiger partial charge in [-0.25, -0.2) is 4.79 Å². The van der Waals surface area contributed by atoms with Gasteiger partial charge in [-0.1, -0.05) is 24.1 Å². The lowest BCUT2D eigenvalue weighted by atomic mass is 10.1. The Hall–Kier alpha value is -2.61. The minimum atomic E-state index is -0.514. The molecule has 0 aliphatic rings. The molecule has 1 aromatic carbocycles. The second kappa shape index (κ2) is 5.83. The number of anilines is 1. The van der Waals surface area contributed by atoms with Gasteiger partial charge in [-0.05, 0) is 13.0 Å². The normalized spacial score (nSPS) is 9.89. The molecule has 0 aliphatic carbocycles. The number of benzene rings is 1. The van der Waals surface area contributed by atoms with Gasteiger partial charge >= 0.3 is 5.97 Å². The molecule has 0 atom stereocenters. The molecule has 5 heteroatoms. The van der Waals surface area contributed by atoms with Crippen LogP contribution < -0.4 is 5.32 Å². The number of nitrogens with zero attached hydrogens (tertiary/aromatic N) is 2. The molecule has 0 unspecified atom stereocenters. The molecule has 0 spiro atoms. The highest BCUT2D eigenvalue weighted by Gasteiger charge is 2.17. The molecule has 1 aromatic heterocycles. The van der Waals surface area contributed by atoms with Crippen LogP contribution in [0.25, 0.3) is 10.9 Å². The lowest BCUT2D eigenvalue weighted by Gasteiger charge is -2.10. The number of ether oxygens (including phenoxy) is 1. The highest BCUT2D eigenvalue weighted by atomic mass is 16.5. The number of carbonyl (C=O) groups is 1. The molecule has 0 saturated carbocycles. The van der Waals surface area contributed by atoms with Crippen LogP contribution in [-0.2, 0) is 4.74 Å². The lowest BCUT2D eigenvalue weighted by molar-refractivity contribution is 0.0519. The van der Waals surface area contributed by atoms with Crippen LogP contribution in [-0.4, -0.2) is 29.3 Å². The fourth-order valence-electron chi connectivity index (χ4n) is 1.71. The summed E-state index contributed by atoms with van der Waals surface area (Å²) in [7, 11) is 0. The van der Waals surface area contributed by atoms with Gasteiger partial charge in [-0.15, -0.1) is 16.6 Å². The minimum Gasteiger partial charge on any atom is -0.461 e. The van der Waals surface area contributed by atoms with Gasteiger partial charge in [0.05, 0.1) is 24.4 Å². The second-order valence-electron chi connectivity index (χ2n) is 3.72. The summed E-state index contributed by atoms with van der Waals surface area (Å²) in [5.41, 5.74) is 1.40. The van der Waals surface area contributed by atoms with Crippen molar-refractivity contribution in [3.63, 3.8) is 0 Å². The first kappa shape index (κ1) is 12.8. The Labute approximate surface area is 111 Å². The molecule has 0 amide bonds. The Kier molecular flexibility index (Phi) is 3.94. The summed E-state index contributed by atoms with van der Waals surface area (Å²) in [6.07, 6.45) is 5.24. The van der Waals surface area contributed by atoms with E-state index in [0.717, 1.165) is 5.39 Å². The Morgan fingerprint density at radius 2 is 2.21 bits per heavy atom. The number of fused-ring (bicyclic) bond motifs is 1. The van der Waals surface area contributed by atoms with E-state index in [1.165, 1.54) is 0 Å². The first-order valence-electron chi connectivity index (χ1n) is 5.87. The average Bonchev–Trinajstić information content (AvgIpc) is 2.44. The van der Waals surface area contributed by atoms with Crippen molar-refractivity contribution < 1.29 is 9.53 Å². The molecule has 19 heavy (non-hydrogen) atoms. The Morgan fingerprint density at radius 3 is 2.95 bits per heavy atom. The van der Waals surface area contributed by atoms with Crippen LogP contribution in [0.15, 0.2) is 24.3 Å². The molecule has 0 aliphatic heterocycles. The van der Waals surface area contributed by atoms with E-state index in [4.69, 9.17) is 11.2 Å². The van der Waals surface area contributed by atoms with E-state index in [-0.39, 0.29) is 12.3 Å². The summed E-state index contributed by atoms with van der Waals surface area (Å²) in [5, 5.41) is 11.7. The molecule has 2 rings (SSSR count). The van der Waals surface area contributed by atoms with Crippen molar-refractivity contribution >= 4 is 22.6 Å². The Balaban J connectivity index is 2.56. The van der Waals surface area contributed by atoms with Crippen molar-refractivity contribution in [2.45, 2.75) is 6.92 Å². The molecule has 1 heterocycles.